The zero-order valence-corrected chi connectivity index (χ0v) is 7.37. The zero-order valence-electron chi connectivity index (χ0n) is 7.37. The number of carbonyl (C=O) groups excluding carboxylic acids is 1. The van der Waals surface area contributed by atoms with E-state index in [-0.39, 0.29) is 12.4 Å². The first-order valence-corrected chi connectivity index (χ1v) is 4.11. The van der Waals surface area contributed by atoms with E-state index in [9.17, 15) is 4.79 Å². The minimum absolute atomic E-state index is 0.112. The summed E-state index contributed by atoms with van der Waals surface area (Å²) in [5.41, 5.74) is 0.913. The molecule has 0 radical (unpaired) electrons. The molecule has 1 aromatic rings. The Morgan fingerprint density at radius 2 is 2.31 bits per heavy atom. The molecule has 0 spiro atoms. The van der Waals surface area contributed by atoms with Crippen molar-refractivity contribution >= 4 is 5.78 Å². The van der Waals surface area contributed by atoms with E-state index in [0.717, 1.165) is 17.1 Å². The number of ketones is 1. The van der Waals surface area contributed by atoms with Gasteiger partial charge in [-0.3, -0.25) is 4.79 Å². The van der Waals surface area contributed by atoms with Crippen molar-refractivity contribution < 1.29 is 14.3 Å². The molecule has 0 bridgehead atoms. The van der Waals surface area contributed by atoms with Gasteiger partial charge in [-0.15, -0.1) is 0 Å². The van der Waals surface area contributed by atoms with Gasteiger partial charge >= 0.3 is 0 Å². The second-order valence-corrected chi connectivity index (χ2v) is 2.98. The van der Waals surface area contributed by atoms with Crippen LogP contribution in [-0.4, -0.2) is 19.5 Å². The Balaban J connectivity index is 2.38. The van der Waals surface area contributed by atoms with Crippen molar-refractivity contribution in [2.45, 2.75) is 6.42 Å². The van der Waals surface area contributed by atoms with Crippen molar-refractivity contribution in [2.24, 2.45) is 0 Å². The molecule has 1 heterocycles. The van der Waals surface area contributed by atoms with Gasteiger partial charge in [0.15, 0.2) is 5.78 Å². The highest BCUT2D eigenvalue weighted by atomic mass is 16.5. The smallest absolute Gasteiger partial charge is 0.174 e. The second kappa shape index (κ2) is 3.09. The summed E-state index contributed by atoms with van der Waals surface area (Å²) >= 11 is 0. The third-order valence-electron chi connectivity index (χ3n) is 2.04. The Kier molecular flexibility index (Phi) is 1.93. The van der Waals surface area contributed by atoms with Crippen molar-refractivity contribution in [3.05, 3.63) is 23.8 Å². The molecule has 0 N–H and O–H groups in total. The van der Waals surface area contributed by atoms with Gasteiger partial charge in [0, 0.05) is 12.0 Å². The summed E-state index contributed by atoms with van der Waals surface area (Å²) in [5.74, 6) is 1.67. The van der Waals surface area contributed by atoms with Crippen LogP contribution in [0.4, 0.5) is 0 Å². The fraction of sp³-hybridized carbons (Fsp3) is 0.300. The van der Waals surface area contributed by atoms with Crippen LogP contribution in [0.15, 0.2) is 18.2 Å². The lowest BCUT2D eigenvalue weighted by Gasteiger charge is -2.16. The highest BCUT2D eigenvalue weighted by Gasteiger charge is 2.16. The average Bonchev–Trinajstić information content (AvgIpc) is 2.16. The fourth-order valence-electron chi connectivity index (χ4n) is 1.38. The van der Waals surface area contributed by atoms with Crippen molar-refractivity contribution in [1.29, 1.82) is 0 Å². The van der Waals surface area contributed by atoms with Gasteiger partial charge in [-0.1, -0.05) is 0 Å². The van der Waals surface area contributed by atoms with Crippen molar-refractivity contribution in [2.75, 3.05) is 13.7 Å². The van der Waals surface area contributed by atoms with Crippen LogP contribution in [-0.2, 0) is 11.2 Å². The first-order valence-electron chi connectivity index (χ1n) is 4.11. The molecule has 0 saturated carbocycles. The molecule has 0 aliphatic carbocycles. The maximum atomic E-state index is 11.1. The molecule has 0 atom stereocenters. The molecule has 3 heteroatoms. The number of rotatable bonds is 1. The molecule has 68 valence electrons. The maximum Gasteiger partial charge on any atom is 0.174 e. The molecule has 0 unspecified atom stereocenters. The summed E-state index contributed by atoms with van der Waals surface area (Å²) in [6, 6.07) is 5.50. The van der Waals surface area contributed by atoms with Crippen LogP contribution in [0, 0.1) is 0 Å². The summed E-state index contributed by atoms with van der Waals surface area (Å²) < 4.78 is 10.3. The van der Waals surface area contributed by atoms with Gasteiger partial charge in [-0.05, 0) is 18.2 Å². The van der Waals surface area contributed by atoms with Crippen molar-refractivity contribution in [1.82, 2.24) is 0 Å². The van der Waals surface area contributed by atoms with Gasteiger partial charge in [-0.25, -0.2) is 0 Å². The summed E-state index contributed by atoms with van der Waals surface area (Å²) in [7, 11) is 1.60. The molecule has 0 saturated heterocycles. The monoisotopic (exact) mass is 178 g/mol. The number of ether oxygens (including phenoxy) is 2. The number of carbonyl (C=O) groups is 1. The van der Waals surface area contributed by atoms with E-state index in [2.05, 4.69) is 0 Å². The van der Waals surface area contributed by atoms with Crippen LogP contribution < -0.4 is 9.47 Å². The molecule has 0 fully saturated rings. The Bertz CT molecular complexity index is 344. The van der Waals surface area contributed by atoms with Crippen LogP contribution in [0.1, 0.15) is 5.56 Å². The Morgan fingerprint density at radius 3 is 3.08 bits per heavy atom. The molecule has 1 aliphatic rings. The molecule has 2 rings (SSSR count). The molecule has 13 heavy (non-hydrogen) atoms. The van der Waals surface area contributed by atoms with Gasteiger partial charge in [0.05, 0.1) is 7.11 Å². The van der Waals surface area contributed by atoms with E-state index in [1.54, 1.807) is 7.11 Å². The SMILES string of the molecule is COc1ccc2c(c1)CC(=O)CO2. The number of methoxy groups -OCH3 is 1. The Labute approximate surface area is 76.3 Å². The van der Waals surface area contributed by atoms with Crippen molar-refractivity contribution in [3.63, 3.8) is 0 Å². The molecule has 1 aliphatic heterocycles. The van der Waals surface area contributed by atoms with Crippen LogP contribution >= 0.6 is 0 Å². The fourth-order valence-corrected chi connectivity index (χ4v) is 1.38. The number of fused-ring (bicyclic) bond motifs is 1. The zero-order chi connectivity index (χ0) is 9.26. The Morgan fingerprint density at radius 1 is 1.46 bits per heavy atom. The topological polar surface area (TPSA) is 35.5 Å². The van der Waals surface area contributed by atoms with Crippen molar-refractivity contribution in [3.8, 4) is 11.5 Å². The summed E-state index contributed by atoms with van der Waals surface area (Å²) in [5, 5.41) is 0. The number of hydrogen-bond acceptors (Lipinski definition) is 3. The number of Topliss-reactive ketones (excluding diaryl/α,β-unsaturated/α-hetero) is 1. The lowest BCUT2D eigenvalue weighted by atomic mass is 10.1. The van der Waals surface area contributed by atoms with E-state index < -0.39 is 0 Å². The largest absolute Gasteiger partial charge is 0.497 e. The summed E-state index contributed by atoms with van der Waals surface area (Å²) in [6.45, 7) is 0.194. The minimum Gasteiger partial charge on any atom is -0.497 e. The second-order valence-electron chi connectivity index (χ2n) is 2.98. The van der Waals surface area contributed by atoms with Gasteiger partial charge in [0.25, 0.3) is 0 Å². The quantitative estimate of drug-likeness (QED) is 0.648. The Hall–Kier alpha value is -1.51. The third kappa shape index (κ3) is 1.49. The first-order chi connectivity index (χ1) is 6.29. The van der Waals surface area contributed by atoms with Crippen LogP contribution in [0.2, 0.25) is 0 Å². The lowest BCUT2D eigenvalue weighted by Crippen LogP contribution is -2.19. The molecule has 1 aromatic carbocycles. The molecular formula is C10H10O3. The number of benzene rings is 1. The minimum atomic E-state index is 0.112. The van der Waals surface area contributed by atoms with Gasteiger partial charge in [0.2, 0.25) is 0 Å². The highest BCUT2D eigenvalue weighted by molar-refractivity contribution is 5.84. The van der Waals surface area contributed by atoms with Crippen LogP contribution in [0.5, 0.6) is 11.5 Å². The summed E-state index contributed by atoms with van der Waals surface area (Å²) in [6.07, 6.45) is 0.451. The maximum absolute atomic E-state index is 11.1. The predicted molar refractivity (Wildman–Crippen MR) is 47.2 cm³/mol. The predicted octanol–water partition coefficient (Wildman–Crippen LogP) is 1.20. The third-order valence-corrected chi connectivity index (χ3v) is 2.04. The van der Waals surface area contributed by atoms with Crippen LogP contribution in [0.25, 0.3) is 0 Å². The van der Waals surface area contributed by atoms with Gasteiger partial charge in [0.1, 0.15) is 18.1 Å². The van der Waals surface area contributed by atoms with E-state index in [0.29, 0.717) is 6.42 Å². The van der Waals surface area contributed by atoms with E-state index in [1.807, 2.05) is 18.2 Å². The van der Waals surface area contributed by atoms with Gasteiger partial charge in [-0.2, -0.15) is 0 Å². The molecule has 0 amide bonds. The average molecular weight is 178 g/mol. The van der Waals surface area contributed by atoms with E-state index in [4.69, 9.17) is 9.47 Å². The van der Waals surface area contributed by atoms with E-state index in [1.165, 1.54) is 0 Å². The molecule has 3 nitrogen and oxygen atoms in total. The standard InChI is InChI=1S/C10H10O3/c1-12-9-2-3-10-7(5-9)4-8(11)6-13-10/h2-3,5H,4,6H2,1H3. The molecular weight excluding hydrogens is 168 g/mol. The highest BCUT2D eigenvalue weighted by Crippen LogP contribution is 2.27. The normalized spacial score (nSPS) is 14.7. The summed E-state index contributed by atoms with van der Waals surface area (Å²) in [4.78, 5) is 11.1. The van der Waals surface area contributed by atoms with E-state index >= 15 is 0 Å². The lowest BCUT2D eigenvalue weighted by molar-refractivity contribution is -0.121. The van der Waals surface area contributed by atoms with Crippen LogP contribution in [0.3, 0.4) is 0 Å². The first kappa shape index (κ1) is 8.10. The molecule has 0 aromatic heterocycles. The van der Waals surface area contributed by atoms with Gasteiger partial charge < -0.3 is 9.47 Å². The number of hydrogen-bond donors (Lipinski definition) is 0.